The summed E-state index contributed by atoms with van der Waals surface area (Å²) in [6.07, 6.45) is 5.62. The zero-order chi connectivity index (χ0) is 15.7. The number of pyridine rings is 1. The average molecular weight is 291 g/mol. The van der Waals surface area contributed by atoms with Crippen LogP contribution in [0.15, 0.2) is 36.7 Å². The van der Waals surface area contributed by atoms with Gasteiger partial charge in [0.25, 0.3) is 5.91 Å². The molecule has 7 nitrogen and oxygen atoms in total. The minimum atomic E-state index is -0.914. The van der Waals surface area contributed by atoms with Gasteiger partial charge in [-0.25, -0.2) is 4.79 Å². The number of aromatic nitrogens is 1. The van der Waals surface area contributed by atoms with Crippen LogP contribution >= 0.6 is 0 Å². The number of carbonyl (C=O) groups excluding carboxylic acids is 3. The molecule has 0 aliphatic heterocycles. The molecule has 0 radical (unpaired) electrons. The van der Waals surface area contributed by atoms with Gasteiger partial charge in [-0.15, -0.1) is 0 Å². The van der Waals surface area contributed by atoms with Gasteiger partial charge in [0, 0.05) is 18.5 Å². The SMILES string of the molecule is CCOC(=O)/C=C/C[C@@H](NC(=O)c1cccnc1)C(N)=O. The summed E-state index contributed by atoms with van der Waals surface area (Å²) >= 11 is 0. The summed E-state index contributed by atoms with van der Waals surface area (Å²) in [4.78, 5) is 38.1. The summed E-state index contributed by atoms with van der Waals surface area (Å²) in [5.41, 5.74) is 5.54. The fourth-order valence-corrected chi connectivity index (χ4v) is 1.48. The highest BCUT2D eigenvalue weighted by atomic mass is 16.5. The van der Waals surface area contributed by atoms with Crippen LogP contribution < -0.4 is 11.1 Å². The van der Waals surface area contributed by atoms with E-state index in [0.29, 0.717) is 5.56 Å². The number of nitrogens with one attached hydrogen (secondary N) is 1. The molecule has 0 fully saturated rings. The second kappa shape index (κ2) is 8.47. The fourth-order valence-electron chi connectivity index (χ4n) is 1.48. The first kappa shape index (κ1) is 16.4. The molecule has 112 valence electrons. The molecule has 1 atom stereocenters. The highest BCUT2D eigenvalue weighted by Gasteiger charge is 2.17. The van der Waals surface area contributed by atoms with Crippen molar-refractivity contribution in [2.24, 2.45) is 5.73 Å². The van der Waals surface area contributed by atoms with E-state index in [1.807, 2.05) is 0 Å². The number of primary amides is 1. The maximum absolute atomic E-state index is 11.9. The van der Waals surface area contributed by atoms with E-state index in [9.17, 15) is 14.4 Å². The lowest BCUT2D eigenvalue weighted by Crippen LogP contribution is -2.44. The van der Waals surface area contributed by atoms with E-state index >= 15 is 0 Å². The number of nitrogens with two attached hydrogens (primary N) is 1. The van der Waals surface area contributed by atoms with Gasteiger partial charge in [-0.05, 0) is 25.5 Å². The molecule has 1 aromatic rings. The van der Waals surface area contributed by atoms with E-state index in [2.05, 4.69) is 10.3 Å². The van der Waals surface area contributed by atoms with E-state index in [-0.39, 0.29) is 13.0 Å². The number of ether oxygens (including phenoxy) is 1. The molecule has 1 aromatic heterocycles. The highest BCUT2D eigenvalue weighted by Crippen LogP contribution is 2.00. The van der Waals surface area contributed by atoms with Crippen LogP contribution in [-0.4, -0.2) is 35.4 Å². The Kier molecular flexibility index (Phi) is 6.59. The number of amides is 2. The van der Waals surface area contributed by atoms with Crippen molar-refractivity contribution >= 4 is 17.8 Å². The van der Waals surface area contributed by atoms with Crippen molar-refractivity contribution in [1.82, 2.24) is 10.3 Å². The number of hydrogen-bond acceptors (Lipinski definition) is 5. The highest BCUT2D eigenvalue weighted by molar-refractivity contribution is 5.97. The third-order valence-electron chi connectivity index (χ3n) is 2.48. The summed E-state index contributed by atoms with van der Waals surface area (Å²) in [5.74, 6) is -1.67. The summed E-state index contributed by atoms with van der Waals surface area (Å²) in [5, 5.41) is 2.48. The lowest BCUT2D eigenvalue weighted by Gasteiger charge is -2.13. The van der Waals surface area contributed by atoms with Crippen molar-refractivity contribution in [3.63, 3.8) is 0 Å². The van der Waals surface area contributed by atoms with Crippen LogP contribution in [0, 0.1) is 0 Å². The van der Waals surface area contributed by atoms with Crippen molar-refractivity contribution < 1.29 is 19.1 Å². The molecule has 0 saturated heterocycles. The van der Waals surface area contributed by atoms with Crippen LogP contribution in [-0.2, 0) is 14.3 Å². The van der Waals surface area contributed by atoms with Crippen LogP contribution in [0.25, 0.3) is 0 Å². The van der Waals surface area contributed by atoms with Crippen LogP contribution in [0.2, 0.25) is 0 Å². The molecule has 0 bridgehead atoms. The van der Waals surface area contributed by atoms with Crippen molar-refractivity contribution in [3.8, 4) is 0 Å². The second-order valence-corrected chi connectivity index (χ2v) is 4.06. The van der Waals surface area contributed by atoms with E-state index in [4.69, 9.17) is 10.5 Å². The monoisotopic (exact) mass is 291 g/mol. The Bertz CT molecular complexity index is 528. The lowest BCUT2D eigenvalue weighted by molar-refractivity contribution is -0.137. The van der Waals surface area contributed by atoms with Crippen LogP contribution in [0.1, 0.15) is 23.7 Å². The van der Waals surface area contributed by atoms with Crippen molar-refractivity contribution in [1.29, 1.82) is 0 Å². The molecular weight excluding hydrogens is 274 g/mol. The summed E-state index contributed by atoms with van der Waals surface area (Å²) in [6, 6.07) is 2.26. The molecule has 1 rings (SSSR count). The zero-order valence-electron chi connectivity index (χ0n) is 11.6. The van der Waals surface area contributed by atoms with Crippen LogP contribution in [0.4, 0.5) is 0 Å². The van der Waals surface area contributed by atoms with Gasteiger partial charge in [-0.3, -0.25) is 14.6 Å². The molecule has 21 heavy (non-hydrogen) atoms. The topological polar surface area (TPSA) is 111 Å². The van der Waals surface area contributed by atoms with Gasteiger partial charge in [0.05, 0.1) is 12.2 Å². The van der Waals surface area contributed by atoms with Gasteiger partial charge in [0.15, 0.2) is 0 Å². The van der Waals surface area contributed by atoms with Crippen molar-refractivity contribution in [2.75, 3.05) is 6.61 Å². The number of nitrogens with zero attached hydrogens (tertiary/aromatic N) is 1. The van der Waals surface area contributed by atoms with Gasteiger partial charge < -0.3 is 15.8 Å². The van der Waals surface area contributed by atoms with Gasteiger partial charge in [-0.2, -0.15) is 0 Å². The molecule has 0 unspecified atom stereocenters. The summed E-state index contributed by atoms with van der Waals surface area (Å²) < 4.78 is 4.70. The summed E-state index contributed by atoms with van der Waals surface area (Å²) in [7, 11) is 0. The molecule has 1 heterocycles. The molecule has 7 heteroatoms. The maximum Gasteiger partial charge on any atom is 0.330 e. The fraction of sp³-hybridized carbons (Fsp3) is 0.286. The first-order valence-electron chi connectivity index (χ1n) is 6.38. The van der Waals surface area contributed by atoms with E-state index in [0.717, 1.165) is 0 Å². The minimum Gasteiger partial charge on any atom is -0.463 e. The molecule has 0 aliphatic carbocycles. The van der Waals surface area contributed by atoms with E-state index in [1.54, 1.807) is 19.1 Å². The molecular formula is C14H17N3O4. The van der Waals surface area contributed by atoms with Crippen molar-refractivity contribution in [3.05, 3.63) is 42.2 Å². The number of rotatable bonds is 7. The quantitative estimate of drug-likeness (QED) is 0.549. The maximum atomic E-state index is 11.9. The summed E-state index contributed by atoms with van der Waals surface area (Å²) in [6.45, 7) is 1.95. The Morgan fingerprint density at radius 2 is 2.24 bits per heavy atom. The average Bonchev–Trinajstić information content (AvgIpc) is 2.47. The van der Waals surface area contributed by atoms with Gasteiger partial charge in [0.1, 0.15) is 6.04 Å². The van der Waals surface area contributed by atoms with Gasteiger partial charge >= 0.3 is 5.97 Å². The largest absolute Gasteiger partial charge is 0.463 e. The van der Waals surface area contributed by atoms with Crippen molar-refractivity contribution in [2.45, 2.75) is 19.4 Å². The van der Waals surface area contributed by atoms with Crippen LogP contribution in [0.3, 0.4) is 0 Å². The molecule has 2 amide bonds. The first-order valence-corrected chi connectivity index (χ1v) is 6.38. The third kappa shape index (κ3) is 5.85. The predicted octanol–water partition coefficient (Wildman–Crippen LogP) is 0.175. The Morgan fingerprint density at radius 1 is 1.48 bits per heavy atom. The first-order chi connectivity index (χ1) is 10.0. The standard InChI is InChI=1S/C14H17N3O4/c1-2-21-12(18)7-3-6-11(13(15)19)17-14(20)10-5-4-8-16-9-10/h3-5,7-9,11H,2,6H2,1H3,(H2,15,19)(H,17,20)/b7-3+/t11-/m1/s1. The Balaban J connectivity index is 2.60. The Morgan fingerprint density at radius 3 is 2.81 bits per heavy atom. The third-order valence-corrected chi connectivity index (χ3v) is 2.48. The minimum absolute atomic E-state index is 0.0974. The Hall–Kier alpha value is -2.70. The molecule has 0 saturated carbocycles. The van der Waals surface area contributed by atoms with E-state index < -0.39 is 23.8 Å². The molecule has 3 N–H and O–H groups in total. The smallest absolute Gasteiger partial charge is 0.330 e. The van der Waals surface area contributed by atoms with Crippen LogP contribution in [0.5, 0.6) is 0 Å². The number of carbonyl (C=O) groups is 3. The van der Waals surface area contributed by atoms with E-state index in [1.165, 1.54) is 24.5 Å². The lowest BCUT2D eigenvalue weighted by atomic mass is 10.1. The number of esters is 1. The van der Waals surface area contributed by atoms with Gasteiger partial charge in [-0.1, -0.05) is 6.08 Å². The Labute approximate surface area is 122 Å². The second-order valence-electron chi connectivity index (χ2n) is 4.06. The molecule has 0 aromatic carbocycles. The number of hydrogen-bond donors (Lipinski definition) is 2. The zero-order valence-corrected chi connectivity index (χ0v) is 11.6. The normalized spacial score (nSPS) is 11.9. The molecule has 0 spiro atoms. The van der Waals surface area contributed by atoms with Gasteiger partial charge in [0.2, 0.25) is 5.91 Å². The predicted molar refractivity (Wildman–Crippen MR) is 75.1 cm³/mol. The molecule has 0 aliphatic rings.